The SMILES string of the molecule is O=C(c1ccc(F)cc1)c1c[nH]c2nc(Nc3ccc(N4CCOCC4)cc3)nc(N[C@@H]3CC[C@@H](CO)OC3)c12. The Balaban J connectivity index is 1.30. The molecule has 0 amide bonds. The molecule has 11 heteroatoms. The first kappa shape index (κ1) is 26.2. The van der Waals surface area contributed by atoms with Crippen molar-refractivity contribution < 1.29 is 23.8 Å². The number of rotatable bonds is 8. The Labute approximate surface area is 230 Å². The van der Waals surface area contributed by atoms with Gasteiger partial charge in [-0.15, -0.1) is 0 Å². The number of ether oxygens (including phenoxy) is 2. The Morgan fingerprint density at radius 3 is 2.55 bits per heavy atom. The summed E-state index contributed by atoms with van der Waals surface area (Å²) in [5, 5.41) is 16.7. The van der Waals surface area contributed by atoms with Crippen molar-refractivity contribution in [3.63, 3.8) is 0 Å². The van der Waals surface area contributed by atoms with Gasteiger partial charge in [0.25, 0.3) is 0 Å². The monoisotopic (exact) mass is 546 g/mol. The van der Waals surface area contributed by atoms with Gasteiger partial charge >= 0.3 is 0 Å². The Kier molecular flexibility index (Phi) is 7.58. The number of anilines is 4. The second-order valence-electron chi connectivity index (χ2n) is 9.99. The highest BCUT2D eigenvalue weighted by molar-refractivity contribution is 6.18. The van der Waals surface area contributed by atoms with Crippen LogP contribution in [0, 0.1) is 5.82 Å². The van der Waals surface area contributed by atoms with E-state index in [2.05, 4.69) is 37.6 Å². The molecular weight excluding hydrogens is 515 g/mol. The smallest absolute Gasteiger partial charge is 0.231 e. The third-order valence-electron chi connectivity index (χ3n) is 7.30. The molecular formula is C29H31FN6O4. The molecule has 0 spiro atoms. The summed E-state index contributed by atoms with van der Waals surface area (Å²) in [5.74, 6) is 0.174. The van der Waals surface area contributed by atoms with E-state index in [1.165, 1.54) is 24.3 Å². The largest absolute Gasteiger partial charge is 0.394 e. The summed E-state index contributed by atoms with van der Waals surface area (Å²) < 4.78 is 24.7. The number of aromatic amines is 1. The summed E-state index contributed by atoms with van der Waals surface area (Å²) in [6, 6.07) is 13.5. The van der Waals surface area contributed by atoms with E-state index in [4.69, 9.17) is 14.5 Å². The number of H-pyrrole nitrogens is 1. The van der Waals surface area contributed by atoms with Gasteiger partial charge in [-0.05, 0) is 61.4 Å². The molecule has 10 nitrogen and oxygen atoms in total. The minimum Gasteiger partial charge on any atom is -0.394 e. The Morgan fingerprint density at radius 2 is 1.85 bits per heavy atom. The number of aromatic nitrogens is 3. The van der Waals surface area contributed by atoms with Crippen LogP contribution in [0.2, 0.25) is 0 Å². The lowest BCUT2D eigenvalue weighted by molar-refractivity contribution is -0.0224. The zero-order chi connectivity index (χ0) is 27.5. The van der Waals surface area contributed by atoms with E-state index in [1.807, 2.05) is 12.1 Å². The van der Waals surface area contributed by atoms with E-state index in [-0.39, 0.29) is 24.5 Å². The fraction of sp³-hybridized carbons (Fsp3) is 0.345. The highest BCUT2D eigenvalue weighted by atomic mass is 19.1. The van der Waals surface area contributed by atoms with E-state index in [1.54, 1.807) is 6.20 Å². The van der Waals surface area contributed by atoms with Gasteiger partial charge in [-0.1, -0.05) is 0 Å². The number of aliphatic hydroxyl groups is 1. The predicted molar refractivity (Wildman–Crippen MR) is 150 cm³/mol. The number of hydrogen-bond acceptors (Lipinski definition) is 9. The molecule has 4 aromatic rings. The Morgan fingerprint density at radius 1 is 1.07 bits per heavy atom. The summed E-state index contributed by atoms with van der Waals surface area (Å²) >= 11 is 0. The van der Waals surface area contributed by atoms with Gasteiger partial charge in [-0.25, -0.2) is 4.39 Å². The van der Waals surface area contributed by atoms with Crippen molar-refractivity contribution in [3.8, 4) is 0 Å². The van der Waals surface area contributed by atoms with Crippen LogP contribution in [0.5, 0.6) is 0 Å². The average molecular weight is 547 g/mol. The number of halogens is 1. The first-order valence-electron chi connectivity index (χ1n) is 13.5. The first-order valence-corrected chi connectivity index (χ1v) is 13.5. The predicted octanol–water partition coefficient (Wildman–Crippen LogP) is 3.86. The molecule has 208 valence electrons. The van der Waals surface area contributed by atoms with Gasteiger partial charge in [0.15, 0.2) is 5.78 Å². The fourth-order valence-electron chi connectivity index (χ4n) is 5.09. The average Bonchev–Trinajstić information content (AvgIpc) is 3.43. The normalized spacial score (nSPS) is 19.5. The number of nitrogens with one attached hydrogen (secondary N) is 3. The molecule has 2 atom stereocenters. The van der Waals surface area contributed by atoms with Crippen LogP contribution in [0.3, 0.4) is 0 Å². The van der Waals surface area contributed by atoms with Crippen LogP contribution >= 0.6 is 0 Å². The summed E-state index contributed by atoms with van der Waals surface area (Å²) in [7, 11) is 0. The number of morpholine rings is 1. The molecule has 0 saturated carbocycles. The van der Waals surface area contributed by atoms with Gasteiger partial charge in [0.2, 0.25) is 5.95 Å². The molecule has 2 aromatic carbocycles. The number of fused-ring (bicyclic) bond motifs is 1. The quantitative estimate of drug-likeness (QED) is 0.244. The molecule has 4 N–H and O–H groups in total. The highest BCUT2D eigenvalue weighted by Gasteiger charge is 2.25. The zero-order valence-corrected chi connectivity index (χ0v) is 21.9. The molecule has 2 saturated heterocycles. The number of nitrogens with zero attached hydrogens (tertiary/aromatic N) is 3. The van der Waals surface area contributed by atoms with Gasteiger partial charge in [0.05, 0.1) is 49.5 Å². The number of benzene rings is 2. The number of aliphatic hydroxyl groups excluding tert-OH is 1. The lowest BCUT2D eigenvalue weighted by atomic mass is 10.0. The maximum absolute atomic E-state index is 13.5. The van der Waals surface area contributed by atoms with Crippen molar-refractivity contribution in [2.45, 2.75) is 25.0 Å². The van der Waals surface area contributed by atoms with Gasteiger partial charge in [-0.2, -0.15) is 9.97 Å². The molecule has 6 rings (SSSR count). The van der Waals surface area contributed by atoms with Crippen LogP contribution < -0.4 is 15.5 Å². The van der Waals surface area contributed by atoms with Crippen LogP contribution in [0.1, 0.15) is 28.8 Å². The lowest BCUT2D eigenvalue weighted by Crippen LogP contribution is -2.36. The molecule has 0 bridgehead atoms. The molecule has 2 fully saturated rings. The molecule has 2 aliphatic heterocycles. The van der Waals surface area contributed by atoms with Crippen molar-refractivity contribution in [2.75, 3.05) is 55.1 Å². The van der Waals surface area contributed by atoms with Gasteiger partial charge in [0.1, 0.15) is 17.3 Å². The Bertz CT molecular complexity index is 1460. The van der Waals surface area contributed by atoms with Crippen LogP contribution in [-0.2, 0) is 9.47 Å². The van der Waals surface area contributed by atoms with E-state index < -0.39 is 5.82 Å². The number of ketones is 1. The third-order valence-corrected chi connectivity index (χ3v) is 7.30. The maximum Gasteiger partial charge on any atom is 0.231 e. The van der Waals surface area contributed by atoms with Crippen molar-refractivity contribution >= 4 is 40.0 Å². The zero-order valence-electron chi connectivity index (χ0n) is 21.9. The van der Waals surface area contributed by atoms with Crippen LogP contribution in [0.15, 0.2) is 54.7 Å². The van der Waals surface area contributed by atoms with Crippen LogP contribution in [0.4, 0.5) is 27.5 Å². The van der Waals surface area contributed by atoms with Gasteiger partial charge < -0.3 is 35.1 Å². The topological polar surface area (TPSA) is 125 Å². The molecule has 2 aromatic heterocycles. The summed E-state index contributed by atoms with van der Waals surface area (Å²) in [5.41, 5.74) is 3.18. The second kappa shape index (κ2) is 11.6. The standard InChI is InChI=1S/C29H31FN6O4/c30-19-3-1-18(2-4-19)26(38)24-15-31-27-25(24)28(32-21-7-10-23(16-37)40-17-21)35-29(34-27)33-20-5-8-22(9-6-20)36-11-13-39-14-12-36/h1-6,8-9,15,21,23,37H,7,10-14,16-17H2,(H3,31,32,33,34,35)/t21-,23+/m1/s1. The van der Waals surface area contributed by atoms with Gasteiger partial charge in [-0.3, -0.25) is 4.79 Å². The summed E-state index contributed by atoms with van der Waals surface area (Å²) in [6.07, 6.45) is 2.91. The van der Waals surface area contributed by atoms with Crippen molar-refractivity contribution in [2.24, 2.45) is 0 Å². The summed E-state index contributed by atoms with van der Waals surface area (Å²) in [6.45, 7) is 3.54. The number of carbonyl (C=O) groups is 1. The van der Waals surface area contributed by atoms with Crippen molar-refractivity contribution in [1.82, 2.24) is 15.0 Å². The molecule has 40 heavy (non-hydrogen) atoms. The molecule has 2 aliphatic rings. The van der Waals surface area contributed by atoms with Crippen LogP contribution in [0.25, 0.3) is 11.0 Å². The van der Waals surface area contributed by atoms with E-state index in [0.29, 0.717) is 47.0 Å². The highest BCUT2D eigenvalue weighted by Crippen LogP contribution is 2.30. The second-order valence-corrected chi connectivity index (χ2v) is 9.99. The number of hydrogen-bond donors (Lipinski definition) is 4. The van der Waals surface area contributed by atoms with Crippen LogP contribution in [-0.4, -0.2) is 77.5 Å². The van der Waals surface area contributed by atoms with Crippen molar-refractivity contribution in [1.29, 1.82) is 0 Å². The molecule has 0 unspecified atom stereocenters. The number of carbonyl (C=O) groups excluding carboxylic acids is 1. The first-order chi connectivity index (χ1) is 19.6. The maximum atomic E-state index is 13.5. The van der Waals surface area contributed by atoms with Crippen molar-refractivity contribution in [3.05, 3.63) is 71.7 Å². The third kappa shape index (κ3) is 5.62. The summed E-state index contributed by atoms with van der Waals surface area (Å²) in [4.78, 5) is 28.2. The fourth-order valence-corrected chi connectivity index (χ4v) is 5.09. The Hall–Kier alpha value is -4.06. The molecule has 4 heterocycles. The molecule has 0 radical (unpaired) electrons. The minimum atomic E-state index is -0.409. The van der Waals surface area contributed by atoms with Gasteiger partial charge in [0, 0.05) is 36.2 Å². The minimum absolute atomic E-state index is 0.0169. The molecule has 0 aliphatic carbocycles. The van der Waals surface area contributed by atoms with E-state index in [0.717, 1.165) is 44.1 Å². The van der Waals surface area contributed by atoms with E-state index in [9.17, 15) is 14.3 Å². The van der Waals surface area contributed by atoms with E-state index >= 15 is 0 Å². The lowest BCUT2D eigenvalue weighted by Gasteiger charge is -2.29.